The van der Waals surface area contributed by atoms with Crippen LogP contribution in [0.15, 0.2) is 0 Å². The molecule has 0 spiro atoms. The molecule has 17 heavy (non-hydrogen) atoms. The first-order valence-corrected chi connectivity index (χ1v) is 6.81. The van der Waals surface area contributed by atoms with Crippen molar-refractivity contribution in [1.82, 2.24) is 9.36 Å². The molecule has 6 heteroatoms. The molecule has 0 aliphatic carbocycles. The van der Waals surface area contributed by atoms with E-state index >= 15 is 0 Å². The van der Waals surface area contributed by atoms with Gasteiger partial charge in [-0.1, -0.05) is 0 Å². The average molecular weight is 257 g/mol. The molecule has 1 aromatic rings. The van der Waals surface area contributed by atoms with Crippen molar-refractivity contribution in [2.75, 3.05) is 31.8 Å². The molecule has 1 aromatic heterocycles. The summed E-state index contributed by atoms with van der Waals surface area (Å²) in [6.45, 7) is 1.83. The topological polar surface area (TPSA) is 58.5 Å². The van der Waals surface area contributed by atoms with Gasteiger partial charge in [-0.05, 0) is 19.3 Å². The minimum atomic E-state index is 0.201. The summed E-state index contributed by atoms with van der Waals surface area (Å²) in [6.07, 6.45) is 4.16. The number of aliphatic hydroxyl groups is 1. The Morgan fingerprint density at radius 2 is 2.41 bits per heavy atom. The zero-order chi connectivity index (χ0) is 12.1. The third-order valence-electron chi connectivity index (χ3n) is 3.07. The van der Waals surface area contributed by atoms with E-state index in [0.29, 0.717) is 6.61 Å². The Bertz CT molecular complexity index is 345. The first-order valence-electron chi connectivity index (χ1n) is 6.04. The van der Waals surface area contributed by atoms with Crippen molar-refractivity contribution in [2.45, 2.75) is 31.7 Å². The van der Waals surface area contributed by atoms with Crippen LogP contribution in [0.2, 0.25) is 0 Å². The summed E-state index contributed by atoms with van der Waals surface area (Å²) in [5.41, 5.74) is 0. The van der Waals surface area contributed by atoms with Crippen molar-refractivity contribution >= 4 is 16.7 Å². The van der Waals surface area contributed by atoms with E-state index < -0.39 is 0 Å². The van der Waals surface area contributed by atoms with E-state index in [9.17, 15) is 5.11 Å². The summed E-state index contributed by atoms with van der Waals surface area (Å²) in [7, 11) is 1.68. The van der Waals surface area contributed by atoms with E-state index in [1.807, 2.05) is 0 Å². The van der Waals surface area contributed by atoms with E-state index in [2.05, 4.69) is 14.3 Å². The fourth-order valence-corrected chi connectivity index (χ4v) is 2.91. The second-order valence-electron chi connectivity index (χ2n) is 4.26. The number of methoxy groups -OCH3 is 1. The molecule has 0 bridgehead atoms. The molecule has 1 fully saturated rings. The fraction of sp³-hybridized carbons (Fsp3) is 0.818. The lowest BCUT2D eigenvalue weighted by atomic mass is 10.0. The molecule has 5 nitrogen and oxygen atoms in total. The van der Waals surface area contributed by atoms with Crippen LogP contribution in [0, 0.1) is 0 Å². The fourth-order valence-electron chi connectivity index (χ4n) is 2.10. The van der Waals surface area contributed by atoms with Gasteiger partial charge in [-0.3, -0.25) is 0 Å². The normalized spacial score (nSPS) is 20.8. The molecule has 0 radical (unpaired) electrons. The maximum Gasteiger partial charge on any atom is 0.205 e. The van der Waals surface area contributed by atoms with Gasteiger partial charge in [-0.15, -0.1) is 0 Å². The Kier molecular flexibility index (Phi) is 4.70. The quantitative estimate of drug-likeness (QED) is 0.855. The second kappa shape index (κ2) is 6.28. The number of nitrogens with zero attached hydrogens (tertiary/aromatic N) is 3. The first kappa shape index (κ1) is 12.7. The smallest absolute Gasteiger partial charge is 0.205 e. The molecular formula is C11H19N3O2S. The van der Waals surface area contributed by atoms with Gasteiger partial charge >= 0.3 is 0 Å². The number of hydrogen-bond donors (Lipinski definition) is 1. The van der Waals surface area contributed by atoms with Crippen molar-refractivity contribution in [3.05, 3.63) is 5.82 Å². The number of hydrogen-bond acceptors (Lipinski definition) is 6. The van der Waals surface area contributed by atoms with Crippen molar-refractivity contribution in [2.24, 2.45) is 0 Å². The SMILES string of the molecule is COCCc1nsc(N2CCCCC2CO)n1. The predicted molar refractivity (Wildman–Crippen MR) is 67.6 cm³/mol. The van der Waals surface area contributed by atoms with E-state index in [0.717, 1.165) is 30.3 Å². The van der Waals surface area contributed by atoms with Crippen LogP contribution in [0.25, 0.3) is 0 Å². The first-order chi connectivity index (χ1) is 8.35. The summed E-state index contributed by atoms with van der Waals surface area (Å²) >= 11 is 1.42. The van der Waals surface area contributed by atoms with Crippen LogP contribution < -0.4 is 4.90 Å². The van der Waals surface area contributed by atoms with Crippen LogP contribution in [0.4, 0.5) is 5.13 Å². The van der Waals surface area contributed by atoms with Crippen LogP contribution in [0.3, 0.4) is 0 Å². The molecule has 1 atom stereocenters. The monoisotopic (exact) mass is 257 g/mol. The molecular weight excluding hydrogens is 238 g/mol. The Morgan fingerprint density at radius 1 is 1.53 bits per heavy atom. The Morgan fingerprint density at radius 3 is 3.18 bits per heavy atom. The minimum Gasteiger partial charge on any atom is -0.394 e. The molecule has 0 aromatic carbocycles. The summed E-state index contributed by atoms with van der Waals surface area (Å²) in [6, 6.07) is 0.215. The van der Waals surface area contributed by atoms with Crippen molar-refractivity contribution in [1.29, 1.82) is 0 Å². The van der Waals surface area contributed by atoms with Crippen molar-refractivity contribution in [3.63, 3.8) is 0 Å². The molecule has 1 aliphatic rings. The summed E-state index contributed by atoms with van der Waals surface area (Å²) < 4.78 is 9.34. The van der Waals surface area contributed by atoms with Gasteiger partial charge in [-0.2, -0.15) is 4.37 Å². The highest BCUT2D eigenvalue weighted by atomic mass is 32.1. The molecule has 2 heterocycles. The van der Waals surface area contributed by atoms with Gasteiger partial charge in [0.05, 0.1) is 19.3 Å². The molecule has 0 amide bonds. The lowest BCUT2D eigenvalue weighted by Gasteiger charge is -2.33. The maximum atomic E-state index is 9.37. The van der Waals surface area contributed by atoms with Gasteiger partial charge in [0.15, 0.2) is 0 Å². The Labute approximate surface area is 106 Å². The maximum absolute atomic E-state index is 9.37. The van der Waals surface area contributed by atoms with Crippen LogP contribution in [-0.4, -0.2) is 47.4 Å². The lowest BCUT2D eigenvalue weighted by molar-refractivity contribution is 0.200. The standard InChI is InChI=1S/C11H19N3O2S/c1-16-7-5-10-12-11(17-13-10)14-6-3-2-4-9(14)8-15/h9,15H,2-8H2,1H3. The second-order valence-corrected chi connectivity index (χ2v) is 4.99. The Balaban J connectivity index is 2.02. The largest absolute Gasteiger partial charge is 0.394 e. The number of aromatic nitrogens is 2. The zero-order valence-corrected chi connectivity index (χ0v) is 10.9. The van der Waals surface area contributed by atoms with E-state index in [1.54, 1.807) is 7.11 Å². The van der Waals surface area contributed by atoms with Gasteiger partial charge in [0, 0.05) is 31.6 Å². The van der Waals surface area contributed by atoms with Crippen LogP contribution in [-0.2, 0) is 11.2 Å². The molecule has 1 N–H and O–H groups in total. The highest BCUT2D eigenvalue weighted by Crippen LogP contribution is 2.26. The van der Waals surface area contributed by atoms with Gasteiger partial charge in [0.2, 0.25) is 5.13 Å². The van der Waals surface area contributed by atoms with Crippen molar-refractivity contribution < 1.29 is 9.84 Å². The summed E-state index contributed by atoms with van der Waals surface area (Å²) in [5.74, 6) is 0.842. The van der Waals surface area contributed by atoms with Gasteiger partial charge in [0.1, 0.15) is 5.82 Å². The van der Waals surface area contributed by atoms with E-state index in [4.69, 9.17) is 4.74 Å². The van der Waals surface area contributed by atoms with Crippen molar-refractivity contribution in [3.8, 4) is 0 Å². The molecule has 96 valence electrons. The zero-order valence-electron chi connectivity index (χ0n) is 10.1. The molecule has 1 aliphatic heterocycles. The molecule has 1 saturated heterocycles. The number of ether oxygens (including phenoxy) is 1. The third kappa shape index (κ3) is 3.14. The number of aliphatic hydroxyl groups excluding tert-OH is 1. The van der Waals surface area contributed by atoms with Crippen LogP contribution in [0.5, 0.6) is 0 Å². The number of rotatable bonds is 5. The highest BCUT2D eigenvalue weighted by molar-refractivity contribution is 7.09. The van der Waals surface area contributed by atoms with E-state index in [1.165, 1.54) is 24.4 Å². The van der Waals surface area contributed by atoms with E-state index in [-0.39, 0.29) is 12.6 Å². The highest BCUT2D eigenvalue weighted by Gasteiger charge is 2.24. The lowest BCUT2D eigenvalue weighted by Crippen LogP contribution is -2.41. The van der Waals surface area contributed by atoms with Crippen LogP contribution >= 0.6 is 11.5 Å². The summed E-state index contributed by atoms with van der Waals surface area (Å²) in [4.78, 5) is 6.70. The minimum absolute atomic E-state index is 0.201. The third-order valence-corrected chi connectivity index (χ3v) is 3.86. The average Bonchev–Trinajstić information content (AvgIpc) is 2.85. The molecule has 1 unspecified atom stereocenters. The Hall–Kier alpha value is -0.720. The summed E-state index contributed by atoms with van der Waals surface area (Å²) in [5, 5.41) is 10.3. The molecule has 0 saturated carbocycles. The number of piperidine rings is 1. The number of anilines is 1. The van der Waals surface area contributed by atoms with Gasteiger partial charge < -0.3 is 14.7 Å². The van der Waals surface area contributed by atoms with Gasteiger partial charge in [0.25, 0.3) is 0 Å². The molecule has 2 rings (SSSR count). The predicted octanol–water partition coefficient (Wildman–Crippen LogP) is 1.08. The van der Waals surface area contributed by atoms with Gasteiger partial charge in [-0.25, -0.2) is 4.98 Å². The van der Waals surface area contributed by atoms with Crippen LogP contribution in [0.1, 0.15) is 25.1 Å².